The molecule has 0 aliphatic carbocycles. The van der Waals surface area contributed by atoms with Crippen LogP contribution in [0.5, 0.6) is 0 Å². The number of hydrogen-bond donors (Lipinski definition) is 1. The van der Waals surface area contributed by atoms with Gasteiger partial charge in [-0.05, 0) is 49.1 Å². The van der Waals surface area contributed by atoms with E-state index in [0.717, 1.165) is 38.2 Å². The first-order valence-electron chi connectivity index (χ1n) is 10.7. The van der Waals surface area contributed by atoms with E-state index in [1.54, 1.807) is 0 Å². The third kappa shape index (κ3) is 5.31. The zero-order chi connectivity index (χ0) is 21.8. The maximum Gasteiger partial charge on any atom is 0.243 e. The van der Waals surface area contributed by atoms with Crippen molar-refractivity contribution in [2.45, 2.75) is 36.7 Å². The third-order valence-corrected chi connectivity index (χ3v) is 7.95. The predicted molar refractivity (Wildman–Crippen MR) is 116 cm³/mol. The maximum atomic E-state index is 13.2. The molecule has 6 nitrogen and oxygen atoms in total. The van der Waals surface area contributed by atoms with Crippen LogP contribution in [0.3, 0.4) is 0 Å². The van der Waals surface area contributed by atoms with E-state index in [4.69, 9.17) is 0 Å². The molecule has 4 rings (SSSR count). The predicted octanol–water partition coefficient (Wildman–Crippen LogP) is 2.62. The van der Waals surface area contributed by atoms with E-state index < -0.39 is 15.8 Å². The van der Waals surface area contributed by atoms with Crippen LogP contribution in [0, 0.1) is 11.7 Å². The molecule has 2 aliphatic heterocycles. The topological polar surface area (TPSA) is 69.7 Å². The van der Waals surface area contributed by atoms with E-state index in [1.165, 1.54) is 22.0 Å². The first-order chi connectivity index (χ1) is 14.9. The van der Waals surface area contributed by atoms with Crippen molar-refractivity contribution in [3.05, 3.63) is 66.0 Å². The first-order valence-corrected chi connectivity index (χ1v) is 12.2. The molecule has 0 radical (unpaired) electrons. The zero-order valence-corrected chi connectivity index (χ0v) is 18.2. The van der Waals surface area contributed by atoms with Gasteiger partial charge in [-0.15, -0.1) is 0 Å². The van der Waals surface area contributed by atoms with E-state index in [-0.39, 0.29) is 29.3 Å². The van der Waals surface area contributed by atoms with E-state index >= 15 is 0 Å². The fourth-order valence-electron chi connectivity index (χ4n) is 4.39. The number of amides is 1. The molecule has 2 aliphatic rings. The van der Waals surface area contributed by atoms with Crippen LogP contribution in [-0.4, -0.2) is 55.8 Å². The lowest BCUT2D eigenvalue weighted by Gasteiger charge is -2.31. The number of carbonyl (C=O) groups is 1. The lowest BCUT2D eigenvalue weighted by molar-refractivity contribution is -0.126. The van der Waals surface area contributed by atoms with Gasteiger partial charge in [0.25, 0.3) is 0 Å². The van der Waals surface area contributed by atoms with Crippen molar-refractivity contribution in [1.82, 2.24) is 14.5 Å². The SMILES string of the molecule is O=C(NC1CCN(Cc2ccccc2)C1)C1CCCN(S(=O)(=O)c2ccc(F)cc2)C1. The van der Waals surface area contributed by atoms with Crippen LogP contribution in [0.1, 0.15) is 24.8 Å². The summed E-state index contributed by atoms with van der Waals surface area (Å²) >= 11 is 0. The summed E-state index contributed by atoms with van der Waals surface area (Å²) in [5.41, 5.74) is 1.25. The number of likely N-dealkylation sites (tertiary alicyclic amines) is 1. The minimum atomic E-state index is -3.74. The van der Waals surface area contributed by atoms with Gasteiger partial charge in [-0.1, -0.05) is 30.3 Å². The molecule has 0 spiro atoms. The molecule has 8 heteroatoms. The van der Waals surface area contributed by atoms with Gasteiger partial charge >= 0.3 is 0 Å². The number of carbonyl (C=O) groups excluding carboxylic acids is 1. The molecule has 0 saturated carbocycles. The Hall–Kier alpha value is -2.29. The van der Waals surface area contributed by atoms with Gasteiger partial charge in [0.1, 0.15) is 5.82 Å². The number of sulfonamides is 1. The summed E-state index contributed by atoms with van der Waals surface area (Å²) in [6.07, 6.45) is 2.19. The second-order valence-corrected chi connectivity index (χ2v) is 10.3. The van der Waals surface area contributed by atoms with E-state index in [1.807, 2.05) is 18.2 Å². The molecule has 2 fully saturated rings. The molecule has 1 amide bonds. The van der Waals surface area contributed by atoms with Gasteiger partial charge in [0.2, 0.25) is 15.9 Å². The summed E-state index contributed by atoms with van der Waals surface area (Å²) in [5.74, 6) is -0.926. The quantitative estimate of drug-likeness (QED) is 0.742. The molecule has 2 saturated heterocycles. The molecule has 2 aromatic rings. The lowest BCUT2D eigenvalue weighted by Crippen LogP contribution is -2.48. The minimum Gasteiger partial charge on any atom is -0.352 e. The molecule has 2 heterocycles. The zero-order valence-electron chi connectivity index (χ0n) is 17.4. The van der Waals surface area contributed by atoms with Crippen LogP contribution in [0.4, 0.5) is 4.39 Å². The molecule has 166 valence electrons. The molecule has 1 N–H and O–H groups in total. The van der Waals surface area contributed by atoms with Crippen LogP contribution < -0.4 is 5.32 Å². The van der Waals surface area contributed by atoms with Gasteiger partial charge in [-0.2, -0.15) is 4.31 Å². The number of halogens is 1. The Labute approximate surface area is 183 Å². The molecule has 2 aromatic carbocycles. The van der Waals surface area contributed by atoms with Gasteiger partial charge < -0.3 is 5.32 Å². The largest absolute Gasteiger partial charge is 0.352 e. The van der Waals surface area contributed by atoms with Crippen molar-refractivity contribution in [1.29, 1.82) is 0 Å². The highest BCUT2D eigenvalue weighted by Crippen LogP contribution is 2.24. The lowest BCUT2D eigenvalue weighted by atomic mass is 9.98. The normalized spacial score (nSPS) is 23.0. The first kappa shape index (κ1) is 21.9. The van der Waals surface area contributed by atoms with Crippen molar-refractivity contribution in [2.24, 2.45) is 5.92 Å². The summed E-state index contributed by atoms with van der Waals surface area (Å²) in [4.78, 5) is 15.3. The number of rotatable bonds is 6. The number of hydrogen-bond acceptors (Lipinski definition) is 4. The van der Waals surface area contributed by atoms with Crippen molar-refractivity contribution in [2.75, 3.05) is 26.2 Å². The summed E-state index contributed by atoms with van der Waals surface area (Å²) in [6, 6.07) is 15.2. The highest BCUT2D eigenvalue weighted by molar-refractivity contribution is 7.89. The van der Waals surface area contributed by atoms with Crippen LogP contribution in [-0.2, 0) is 21.4 Å². The Balaban J connectivity index is 1.32. The second kappa shape index (κ2) is 9.46. The van der Waals surface area contributed by atoms with Gasteiger partial charge in [0, 0.05) is 38.8 Å². The Morgan fingerprint density at radius 3 is 2.48 bits per heavy atom. The second-order valence-electron chi connectivity index (χ2n) is 8.37. The molecular formula is C23H28FN3O3S. The number of piperidine rings is 1. The third-order valence-electron chi connectivity index (χ3n) is 6.07. The standard InChI is InChI=1S/C23H28FN3O3S/c24-20-8-10-22(11-9-20)31(29,30)27-13-4-7-19(16-27)23(28)25-21-12-14-26(17-21)15-18-5-2-1-3-6-18/h1-3,5-6,8-11,19,21H,4,7,12-17H2,(H,25,28). The van der Waals surface area contributed by atoms with Gasteiger partial charge in [-0.25, -0.2) is 12.8 Å². The summed E-state index contributed by atoms with van der Waals surface area (Å²) in [6.45, 7) is 3.12. The Kier molecular flexibility index (Phi) is 6.69. The summed E-state index contributed by atoms with van der Waals surface area (Å²) in [5, 5.41) is 3.13. The number of nitrogens with one attached hydrogen (secondary N) is 1. The fraction of sp³-hybridized carbons (Fsp3) is 0.435. The Morgan fingerprint density at radius 2 is 1.74 bits per heavy atom. The average Bonchev–Trinajstić information content (AvgIpc) is 3.21. The minimum absolute atomic E-state index is 0.0577. The Bertz CT molecular complexity index is 998. The smallest absolute Gasteiger partial charge is 0.243 e. The highest BCUT2D eigenvalue weighted by atomic mass is 32.2. The van der Waals surface area contributed by atoms with Crippen molar-refractivity contribution in [3.8, 4) is 0 Å². The molecule has 0 aromatic heterocycles. The van der Waals surface area contributed by atoms with Crippen molar-refractivity contribution >= 4 is 15.9 Å². The molecule has 2 atom stereocenters. The van der Waals surface area contributed by atoms with E-state index in [9.17, 15) is 17.6 Å². The van der Waals surface area contributed by atoms with E-state index in [2.05, 4.69) is 22.3 Å². The van der Waals surface area contributed by atoms with Crippen LogP contribution in [0.2, 0.25) is 0 Å². The summed E-state index contributed by atoms with van der Waals surface area (Å²) < 4.78 is 40.3. The molecule has 2 unspecified atom stereocenters. The fourth-order valence-corrected chi connectivity index (χ4v) is 5.91. The molecule has 31 heavy (non-hydrogen) atoms. The van der Waals surface area contributed by atoms with Crippen LogP contribution in [0.15, 0.2) is 59.5 Å². The Morgan fingerprint density at radius 1 is 1.00 bits per heavy atom. The van der Waals surface area contributed by atoms with Gasteiger partial charge in [0.15, 0.2) is 0 Å². The highest BCUT2D eigenvalue weighted by Gasteiger charge is 2.34. The average molecular weight is 446 g/mol. The van der Waals surface area contributed by atoms with Gasteiger partial charge in [-0.3, -0.25) is 9.69 Å². The number of nitrogens with zero attached hydrogens (tertiary/aromatic N) is 2. The van der Waals surface area contributed by atoms with Crippen LogP contribution in [0.25, 0.3) is 0 Å². The van der Waals surface area contributed by atoms with Crippen LogP contribution >= 0.6 is 0 Å². The molecular weight excluding hydrogens is 417 g/mol. The van der Waals surface area contributed by atoms with Crippen molar-refractivity contribution in [3.63, 3.8) is 0 Å². The molecule has 0 bridgehead atoms. The monoisotopic (exact) mass is 445 g/mol. The summed E-state index contributed by atoms with van der Waals surface area (Å²) in [7, 11) is -3.74. The number of benzene rings is 2. The van der Waals surface area contributed by atoms with Gasteiger partial charge in [0.05, 0.1) is 10.8 Å². The van der Waals surface area contributed by atoms with E-state index in [0.29, 0.717) is 19.4 Å². The van der Waals surface area contributed by atoms with Crippen molar-refractivity contribution < 1.29 is 17.6 Å². The maximum absolute atomic E-state index is 13.2.